The van der Waals surface area contributed by atoms with E-state index in [1.807, 2.05) is 0 Å². The van der Waals surface area contributed by atoms with Crippen LogP contribution in [0.15, 0.2) is 18.2 Å². The van der Waals surface area contributed by atoms with Gasteiger partial charge in [0.2, 0.25) is 15.9 Å². The van der Waals surface area contributed by atoms with Crippen molar-refractivity contribution >= 4 is 44.8 Å². The highest BCUT2D eigenvalue weighted by molar-refractivity contribution is 7.92. The predicted octanol–water partition coefficient (Wildman–Crippen LogP) is 1.60. The van der Waals surface area contributed by atoms with Crippen molar-refractivity contribution in [2.24, 2.45) is 0 Å². The van der Waals surface area contributed by atoms with Gasteiger partial charge in [-0.2, -0.15) is 0 Å². The minimum atomic E-state index is -3.74. The average molecular weight is 424 g/mol. The highest BCUT2D eigenvalue weighted by atomic mass is 35.5. The molecule has 1 amide bonds. The molecule has 1 atom stereocenters. The van der Waals surface area contributed by atoms with E-state index in [1.165, 1.54) is 19.1 Å². The fourth-order valence-electron chi connectivity index (χ4n) is 2.75. The van der Waals surface area contributed by atoms with Crippen LogP contribution in [0.2, 0.25) is 10.0 Å². The zero-order chi connectivity index (χ0) is 19.3. The second kappa shape index (κ2) is 9.23. The zero-order valence-electron chi connectivity index (χ0n) is 14.7. The van der Waals surface area contributed by atoms with Crippen molar-refractivity contribution < 1.29 is 17.9 Å². The van der Waals surface area contributed by atoms with E-state index < -0.39 is 22.0 Å². The van der Waals surface area contributed by atoms with E-state index in [1.54, 1.807) is 6.07 Å². The van der Waals surface area contributed by atoms with Gasteiger partial charge in [-0.15, -0.1) is 0 Å². The number of benzene rings is 1. The summed E-state index contributed by atoms with van der Waals surface area (Å²) in [5.41, 5.74) is 0.178. The number of hydrogen-bond donors (Lipinski definition) is 1. The van der Waals surface area contributed by atoms with Crippen molar-refractivity contribution in [3.63, 3.8) is 0 Å². The Bertz CT molecular complexity index is 739. The molecule has 26 heavy (non-hydrogen) atoms. The third-order valence-corrected chi connectivity index (χ3v) is 5.85. The van der Waals surface area contributed by atoms with Gasteiger partial charge in [-0.3, -0.25) is 14.0 Å². The Morgan fingerprint density at radius 1 is 1.35 bits per heavy atom. The number of ether oxygens (including phenoxy) is 1. The molecule has 1 aliphatic rings. The van der Waals surface area contributed by atoms with Crippen LogP contribution in [0.1, 0.15) is 6.92 Å². The smallest absolute Gasteiger partial charge is 0.243 e. The van der Waals surface area contributed by atoms with E-state index in [4.69, 9.17) is 27.9 Å². The maximum absolute atomic E-state index is 12.5. The van der Waals surface area contributed by atoms with E-state index in [0.29, 0.717) is 31.3 Å². The molecule has 1 aromatic rings. The number of sulfonamides is 1. The summed E-state index contributed by atoms with van der Waals surface area (Å²) < 4.78 is 30.8. The first kappa shape index (κ1) is 21.2. The van der Waals surface area contributed by atoms with Crippen LogP contribution in [0.3, 0.4) is 0 Å². The van der Waals surface area contributed by atoms with Gasteiger partial charge in [-0.25, -0.2) is 8.42 Å². The molecule has 0 bridgehead atoms. The molecule has 1 fully saturated rings. The molecule has 2 rings (SSSR count). The fraction of sp³-hybridized carbons (Fsp3) is 0.562. The zero-order valence-corrected chi connectivity index (χ0v) is 17.1. The van der Waals surface area contributed by atoms with Crippen molar-refractivity contribution in [1.82, 2.24) is 10.2 Å². The predicted molar refractivity (Wildman–Crippen MR) is 104 cm³/mol. The van der Waals surface area contributed by atoms with E-state index >= 15 is 0 Å². The molecule has 0 radical (unpaired) electrons. The SMILES string of the molecule is CC(C(=O)NCCN1CCOCC1)N(c1cc(Cl)ccc1Cl)S(C)(=O)=O. The Morgan fingerprint density at radius 3 is 2.62 bits per heavy atom. The number of anilines is 1. The summed E-state index contributed by atoms with van der Waals surface area (Å²) in [6, 6.07) is 3.52. The highest BCUT2D eigenvalue weighted by Gasteiger charge is 2.30. The molecule has 1 N–H and O–H groups in total. The van der Waals surface area contributed by atoms with Crippen molar-refractivity contribution in [1.29, 1.82) is 0 Å². The third kappa shape index (κ3) is 5.72. The summed E-state index contributed by atoms with van der Waals surface area (Å²) >= 11 is 12.1. The van der Waals surface area contributed by atoms with Gasteiger partial charge in [0.25, 0.3) is 0 Å². The molecule has 10 heteroatoms. The van der Waals surface area contributed by atoms with Crippen LogP contribution in [-0.2, 0) is 19.6 Å². The first-order chi connectivity index (χ1) is 12.2. The van der Waals surface area contributed by atoms with Gasteiger partial charge in [0.15, 0.2) is 0 Å². The second-order valence-corrected chi connectivity index (χ2v) is 8.78. The van der Waals surface area contributed by atoms with E-state index in [2.05, 4.69) is 10.2 Å². The average Bonchev–Trinajstić information content (AvgIpc) is 2.57. The monoisotopic (exact) mass is 423 g/mol. The molecule has 0 saturated carbocycles. The quantitative estimate of drug-likeness (QED) is 0.720. The summed E-state index contributed by atoms with van der Waals surface area (Å²) in [5, 5.41) is 3.32. The number of halogens is 2. The van der Waals surface area contributed by atoms with Gasteiger partial charge in [0.05, 0.1) is 30.2 Å². The molecular formula is C16H23Cl2N3O4S. The van der Waals surface area contributed by atoms with Gasteiger partial charge in [-0.05, 0) is 25.1 Å². The van der Waals surface area contributed by atoms with Gasteiger partial charge in [0.1, 0.15) is 6.04 Å². The number of morpholine rings is 1. The van der Waals surface area contributed by atoms with Crippen molar-refractivity contribution in [3.8, 4) is 0 Å². The summed E-state index contributed by atoms with van der Waals surface area (Å²) in [7, 11) is -3.74. The Kier molecular flexibility index (Phi) is 7.54. The molecule has 0 spiro atoms. The third-order valence-electron chi connectivity index (χ3n) is 4.07. The maximum atomic E-state index is 12.5. The molecular weight excluding hydrogens is 401 g/mol. The molecule has 1 saturated heterocycles. The summed E-state index contributed by atoms with van der Waals surface area (Å²) in [6.07, 6.45) is 1.03. The first-order valence-corrected chi connectivity index (χ1v) is 10.8. The molecule has 1 heterocycles. The van der Waals surface area contributed by atoms with Crippen LogP contribution in [0.5, 0.6) is 0 Å². The molecule has 1 aliphatic heterocycles. The van der Waals surface area contributed by atoms with Crippen LogP contribution < -0.4 is 9.62 Å². The number of carbonyl (C=O) groups is 1. The lowest BCUT2D eigenvalue weighted by atomic mass is 10.2. The van der Waals surface area contributed by atoms with Crippen molar-refractivity contribution in [3.05, 3.63) is 28.2 Å². The maximum Gasteiger partial charge on any atom is 0.243 e. The molecule has 1 unspecified atom stereocenters. The second-order valence-electron chi connectivity index (χ2n) is 6.08. The van der Waals surface area contributed by atoms with Crippen molar-refractivity contribution in [2.75, 3.05) is 50.0 Å². The topological polar surface area (TPSA) is 79.0 Å². The fourth-order valence-corrected chi connectivity index (χ4v) is 4.35. The highest BCUT2D eigenvalue weighted by Crippen LogP contribution is 2.32. The molecule has 1 aromatic carbocycles. The van der Waals surface area contributed by atoms with E-state index in [9.17, 15) is 13.2 Å². The lowest BCUT2D eigenvalue weighted by molar-refractivity contribution is -0.121. The lowest BCUT2D eigenvalue weighted by Crippen LogP contribution is -2.49. The van der Waals surface area contributed by atoms with Gasteiger partial charge in [-0.1, -0.05) is 23.2 Å². The van der Waals surface area contributed by atoms with Crippen LogP contribution in [0.25, 0.3) is 0 Å². The first-order valence-electron chi connectivity index (χ1n) is 8.22. The summed E-state index contributed by atoms with van der Waals surface area (Å²) in [5.74, 6) is -0.403. The number of nitrogens with zero attached hydrogens (tertiary/aromatic N) is 2. The minimum Gasteiger partial charge on any atom is -0.379 e. The van der Waals surface area contributed by atoms with Crippen LogP contribution in [0, 0.1) is 0 Å². The Labute approximate surface area is 164 Å². The molecule has 0 aliphatic carbocycles. The number of carbonyl (C=O) groups excluding carboxylic acids is 1. The Hall–Kier alpha value is -1.06. The standard InChI is InChI=1S/C16H23Cl2N3O4S/c1-12(16(22)19-5-6-20-7-9-25-10-8-20)21(26(2,23)24)15-11-13(17)3-4-14(15)18/h3-4,11-12H,5-10H2,1-2H3,(H,19,22). The Morgan fingerprint density at radius 2 is 2.00 bits per heavy atom. The van der Waals surface area contributed by atoms with Crippen LogP contribution >= 0.6 is 23.2 Å². The number of nitrogens with one attached hydrogen (secondary N) is 1. The normalized spacial score (nSPS) is 16.9. The number of rotatable bonds is 7. The van der Waals surface area contributed by atoms with Gasteiger partial charge < -0.3 is 10.1 Å². The Balaban J connectivity index is 2.07. The van der Waals surface area contributed by atoms with Gasteiger partial charge in [0, 0.05) is 31.2 Å². The summed E-state index contributed by atoms with van der Waals surface area (Å²) in [4.78, 5) is 14.7. The van der Waals surface area contributed by atoms with Crippen LogP contribution in [0.4, 0.5) is 5.69 Å². The molecule has 146 valence electrons. The summed E-state index contributed by atoms with van der Waals surface area (Å²) in [6.45, 7) is 5.61. The van der Waals surface area contributed by atoms with Crippen molar-refractivity contribution in [2.45, 2.75) is 13.0 Å². The number of amides is 1. The van der Waals surface area contributed by atoms with Gasteiger partial charge >= 0.3 is 0 Å². The largest absolute Gasteiger partial charge is 0.379 e. The van der Waals surface area contributed by atoms with Crippen LogP contribution in [-0.4, -0.2) is 70.9 Å². The molecule has 0 aromatic heterocycles. The van der Waals surface area contributed by atoms with E-state index in [0.717, 1.165) is 23.7 Å². The van der Waals surface area contributed by atoms with E-state index in [-0.39, 0.29) is 10.7 Å². The number of hydrogen-bond acceptors (Lipinski definition) is 5. The minimum absolute atomic E-state index is 0.178. The lowest BCUT2D eigenvalue weighted by Gasteiger charge is -2.30. The molecule has 7 nitrogen and oxygen atoms in total.